The van der Waals surface area contributed by atoms with E-state index in [0.29, 0.717) is 27.6 Å². The van der Waals surface area contributed by atoms with Gasteiger partial charge in [-0.05, 0) is 49.3 Å². The fraction of sp³-hybridized carbons (Fsp3) is 0.656. The van der Waals surface area contributed by atoms with Crippen molar-refractivity contribution in [2.45, 2.75) is 108 Å². The molecule has 1 aromatic rings. The van der Waals surface area contributed by atoms with Gasteiger partial charge >= 0.3 is 0 Å². The van der Waals surface area contributed by atoms with Crippen LogP contribution in [0.3, 0.4) is 0 Å². The van der Waals surface area contributed by atoms with E-state index in [9.17, 15) is 14.4 Å². The number of anilines is 1. The van der Waals surface area contributed by atoms with Crippen molar-refractivity contribution in [1.82, 2.24) is 10.2 Å². The molecule has 2 saturated heterocycles. The zero-order valence-electron chi connectivity index (χ0n) is 23.9. The van der Waals surface area contributed by atoms with Gasteiger partial charge in [0.1, 0.15) is 11.6 Å². The lowest BCUT2D eigenvalue weighted by Gasteiger charge is -2.40. The molecule has 9 heteroatoms. The Labute approximate surface area is 252 Å². The summed E-state index contributed by atoms with van der Waals surface area (Å²) in [6.07, 6.45) is 13.6. The third-order valence-electron chi connectivity index (χ3n) is 10.5. The Bertz CT molecular complexity index is 1210. The first-order valence-electron chi connectivity index (χ1n) is 15.5. The van der Waals surface area contributed by atoms with Crippen molar-refractivity contribution in [2.75, 3.05) is 5.32 Å². The van der Waals surface area contributed by atoms with E-state index in [1.54, 1.807) is 18.2 Å². The lowest BCUT2D eigenvalue weighted by Crippen LogP contribution is -2.59. The Balaban J connectivity index is 1.33. The highest BCUT2D eigenvalue weighted by molar-refractivity contribution is 6.35. The molecule has 41 heavy (non-hydrogen) atoms. The maximum atomic E-state index is 14.5. The number of carbonyl (C=O) groups is 3. The molecule has 2 aliphatic carbocycles. The van der Waals surface area contributed by atoms with Crippen LogP contribution in [0.2, 0.25) is 10.0 Å². The number of rotatable bonds is 5. The number of likely N-dealkylation sites (tertiary alicyclic amines) is 1. The predicted molar refractivity (Wildman–Crippen MR) is 160 cm³/mol. The highest BCUT2D eigenvalue weighted by atomic mass is 35.5. The predicted octanol–water partition coefficient (Wildman–Crippen LogP) is 6.14. The second kappa shape index (κ2) is 11.5. The molecule has 3 amide bonds. The van der Waals surface area contributed by atoms with Crippen LogP contribution in [0.4, 0.5) is 5.69 Å². The number of benzene rings is 1. The molecular formula is C32H41Cl2N3O4. The van der Waals surface area contributed by atoms with Gasteiger partial charge in [-0.3, -0.25) is 14.4 Å². The van der Waals surface area contributed by atoms with Crippen LogP contribution < -0.4 is 10.6 Å². The van der Waals surface area contributed by atoms with Gasteiger partial charge in [-0.25, -0.2) is 0 Å². The Kier molecular flexibility index (Phi) is 8.16. The summed E-state index contributed by atoms with van der Waals surface area (Å²) in [5, 5.41) is 7.10. The lowest BCUT2D eigenvalue weighted by atomic mass is 9.73. The fourth-order valence-electron chi connectivity index (χ4n) is 8.21. The van der Waals surface area contributed by atoms with Gasteiger partial charge in [0.25, 0.3) is 0 Å². The Morgan fingerprint density at radius 2 is 1.61 bits per heavy atom. The van der Waals surface area contributed by atoms with Crippen LogP contribution in [-0.2, 0) is 19.1 Å². The topological polar surface area (TPSA) is 87.7 Å². The normalized spacial score (nSPS) is 37.0. The molecule has 2 N–H and O–H groups in total. The van der Waals surface area contributed by atoms with Crippen LogP contribution in [0.1, 0.15) is 78.1 Å². The van der Waals surface area contributed by atoms with Crippen molar-refractivity contribution in [3.63, 3.8) is 0 Å². The van der Waals surface area contributed by atoms with Crippen molar-refractivity contribution in [3.05, 3.63) is 40.4 Å². The third kappa shape index (κ3) is 5.21. The summed E-state index contributed by atoms with van der Waals surface area (Å²) < 4.78 is 6.57. The molecule has 1 aromatic carbocycles. The minimum Gasteiger partial charge on any atom is -0.359 e. The summed E-state index contributed by atoms with van der Waals surface area (Å²) in [5.41, 5.74) is -0.698. The second-order valence-corrected chi connectivity index (χ2v) is 13.8. The monoisotopic (exact) mass is 601 g/mol. The zero-order chi connectivity index (χ0) is 28.9. The van der Waals surface area contributed by atoms with Gasteiger partial charge in [0.2, 0.25) is 17.7 Å². The van der Waals surface area contributed by atoms with E-state index in [4.69, 9.17) is 27.9 Å². The van der Waals surface area contributed by atoms with Gasteiger partial charge in [-0.15, -0.1) is 0 Å². The first-order chi connectivity index (χ1) is 19.7. The van der Waals surface area contributed by atoms with Crippen LogP contribution in [0.5, 0.6) is 0 Å². The molecule has 1 spiro atoms. The molecule has 222 valence electrons. The smallest absolute Gasteiger partial charge is 0.246 e. The summed E-state index contributed by atoms with van der Waals surface area (Å²) in [6, 6.07) is 4.07. The number of hydrogen-bond acceptors (Lipinski definition) is 4. The highest BCUT2D eigenvalue weighted by Gasteiger charge is 2.73. The molecule has 3 aliphatic heterocycles. The van der Waals surface area contributed by atoms with E-state index in [0.717, 1.165) is 57.8 Å². The van der Waals surface area contributed by atoms with Crippen molar-refractivity contribution < 1.29 is 19.1 Å². The Morgan fingerprint density at radius 3 is 2.32 bits per heavy atom. The van der Waals surface area contributed by atoms with Gasteiger partial charge in [0.15, 0.2) is 0 Å². The molecule has 3 heterocycles. The van der Waals surface area contributed by atoms with Crippen LogP contribution in [-0.4, -0.2) is 52.5 Å². The average Bonchev–Trinajstić information content (AvgIpc) is 3.53. The Hall–Kier alpha value is -2.09. The van der Waals surface area contributed by atoms with Gasteiger partial charge in [-0.2, -0.15) is 0 Å². The number of hydrogen-bond donors (Lipinski definition) is 2. The largest absolute Gasteiger partial charge is 0.359 e. The summed E-state index contributed by atoms with van der Waals surface area (Å²) >= 11 is 12.3. The van der Waals surface area contributed by atoms with E-state index >= 15 is 0 Å². The molecular weight excluding hydrogens is 561 g/mol. The molecule has 7 nitrogen and oxygen atoms in total. The van der Waals surface area contributed by atoms with Crippen LogP contribution in [0, 0.1) is 23.7 Å². The molecule has 5 aliphatic rings. The average molecular weight is 603 g/mol. The zero-order valence-corrected chi connectivity index (χ0v) is 25.4. The summed E-state index contributed by atoms with van der Waals surface area (Å²) in [4.78, 5) is 44.4. The van der Waals surface area contributed by atoms with Crippen LogP contribution >= 0.6 is 23.2 Å². The number of amides is 3. The molecule has 6 rings (SSSR count). The van der Waals surface area contributed by atoms with E-state index in [-0.39, 0.29) is 29.8 Å². The minimum atomic E-state index is -1.16. The second-order valence-electron chi connectivity index (χ2n) is 13.0. The number of halogens is 2. The van der Waals surface area contributed by atoms with Crippen LogP contribution in [0.25, 0.3) is 0 Å². The van der Waals surface area contributed by atoms with E-state index in [1.165, 1.54) is 6.42 Å². The van der Waals surface area contributed by atoms with E-state index in [1.807, 2.05) is 17.1 Å². The molecule has 2 bridgehead atoms. The number of carbonyl (C=O) groups excluding carboxylic acids is 3. The quantitative estimate of drug-likeness (QED) is 0.397. The van der Waals surface area contributed by atoms with Crippen molar-refractivity contribution >= 4 is 46.6 Å². The maximum Gasteiger partial charge on any atom is 0.246 e. The summed E-state index contributed by atoms with van der Waals surface area (Å²) in [6.45, 7) is 4.46. The van der Waals surface area contributed by atoms with Crippen molar-refractivity contribution in [3.8, 4) is 0 Å². The Morgan fingerprint density at radius 1 is 0.927 bits per heavy atom. The van der Waals surface area contributed by atoms with Gasteiger partial charge in [0, 0.05) is 27.8 Å². The molecule has 2 saturated carbocycles. The number of fused-ring (bicyclic) bond motifs is 1. The van der Waals surface area contributed by atoms with E-state index < -0.39 is 29.6 Å². The first kappa shape index (κ1) is 29.0. The van der Waals surface area contributed by atoms with Crippen LogP contribution in [0.15, 0.2) is 30.4 Å². The molecule has 0 aromatic heterocycles. The van der Waals surface area contributed by atoms with Crippen molar-refractivity contribution in [1.29, 1.82) is 0 Å². The third-order valence-corrected chi connectivity index (χ3v) is 10.9. The number of ether oxygens (including phenoxy) is 1. The molecule has 4 fully saturated rings. The van der Waals surface area contributed by atoms with Gasteiger partial charge < -0.3 is 20.3 Å². The maximum absolute atomic E-state index is 14.5. The lowest BCUT2D eigenvalue weighted by molar-refractivity contribution is -0.144. The van der Waals surface area contributed by atoms with Gasteiger partial charge in [0.05, 0.1) is 17.9 Å². The van der Waals surface area contributed by atoms with Crippen molar-refractivity contribution in [2.24, 2.45) is 23.7 Å². The summed E-state index contributed by atoms with van der Waals surface area (Å²) in [5.74, 6) is -1.26. The van der Waals surface area contributed by atoms with E-state index in [2.05, 4.69) is 24.5 Å². The number of nitrogens with zero attached hydrogens (tertiary/aromatic N) is 1. The fourth-order valence-corrected chi connectivity index (χ4v) is 8.74. The molecule has 6 unspecified atom stereocenters. The first-order valence-corrected chi connectivity index (χ1v) is 16.2. The molecule has 0 radical (unpaired) electrons. The standard InChI is InChI=1S/C32H41Cl2N3O4/c1-18-9-8-12-24(19(18)2)36-30(39)28-32-14-13-25(41-32)26(29(38)35-22-16-20(33)15-21(34)17-22)27(32)31(40)37(28)23-10-6-4-3-5-7-11-23/h13-19,23-28H,3-12H2,1-2H3,(H,35,38)(H,36,39)/t18?,19?,24?,25-,26?,27-,28?,32?/m0/s1. The molecule has 8 atom stereocenters. The summed E-state index contributed by atoms with van der Waals surface area (Å²) in [7, 11) is 0. The minimum absolute atomic E-state index is 0.0484. The SMILES string of the molecule is CC1CCCC(NC(=O)C2N(C3CCCCCCC3)C(=O)[C@@H]3C(C(=O)Nc4cc(Cl)cc(Cl)c4)[C@@H]4C=CC23O4)C1C. The number of nitrogens with one attached hydrogen (secondary N) is 2. The highest BCUT2D eigenvalue weighted by Crippen LogP contribution is 2.56. The van der Waals surface area contributed by atoms with Gasteiger partial charge in [-0.1, -0.05) is 94.1 Å².